The number of aromatic amines is 1. The van der Waals surface area contributed by atoms with E-state index in [1.54, 1.807) is 13.0 Å². The van der Waals surface area contributed by atoms with Crippen LogP contribution < -0.4 is 21.9 Å². The number of rotatable bonds is 9. The Kier molecular flexibility index (Phi) is 7.56. The van der Waals surface area contributed by atoms with Crippen LogP contribution in [-0.4, -0.2) is 34.6 Å². The van der Waals surface area contributed by atoms with Crippen LogP contribution in [0, 0.1) is 0 Å². The van der Waals surface area contributed by atoms with Gasteiger partial charge in [0.05, 0.1) is 6.42 Å². The second-order valence-electron chi connectivity index (χ2n) is 6.05. The highest BCUT2D eigenvalue weighted by Crippen LogP contribution is 2.17. The summed E-state index contributed by atoms with van der Waals surface area (Å²) in [5.41, 5.74) is 4.54. The van der Waals surface area contributed by atoms with Crippen molar-refractivity contribution in [2.24, 2.45) is 0 Å². The molecule has 1 amide bonds. The molecule has 0 aliphatic carbocycles. The van der Waals surface area contributed by atoms with Gasteiger partial charge < -0.3 is 15.4 Å². The highest BCUT2D eigenvalue weighted by molar-refractivity contribution is 7.10. The first-order valence-corrected chi connectivity index (χ1v) is 9.87. The Labute approximate surface area is 165 Å². The molecule has 2 aromatic heterocycles. The molecule has 0 atom stereocenters. The molecule has 0 spiro atoms. The van der Waals surface area contributed by atoms with E-state index < -0.39 is 29.7 Å². The van der Waals surface area contributed by atoms with E-state index in [1.807, 2.05) is 18.4 Å². The number of amides is 1. The zero-order valence-electron chi connectivity index (χ0n) is 15.9. The van der Waals surface area contributed by atoms with Gasteiger partial charge in [-0.05, 0) is 24.8 Å². The average molecular weight is 408 g/mol. The molecule has 2 rings (SSSR count). The van der Waals surface area contributed by atoms with Gasteiger partial charge in [0.15, 0.2) is 12.3 Å². The molecule has 2 aromatic rings. The second kappa shape index (κ2) is 9.88. The van der Waals surface area contributed by atoms with Gasteiger partial charge in [-0.2, -0.15) is 0 Å². The molecule has 9 nitrogen and oxygen atoms in total. The first-order chi connectivity index (χ1) is 13.4. The van der Waals surface area contributed by atoms with Crippen LogP contribution in [0.1, 0.15) is 31.6 Å². The minimum Gasteiger partial charge on any atom is -0.455 e. The molecule has 0 unspecified atom stereocenters. The maximum atomic E-state index is 12.6. The van der Waals surface area contributed by atoms with Crippen molar-refractivity contribution in [1.82, 2.24) is 9.55 Å². The highest BCUT2D eigenvalue weighted by Gasteiger charge is 2.24. The summed E-state index contributed by atoms with van der Waals surface area (Å²) in [6.07, 6.45) is 1.59. The van der Waals surface area contributed by atoms with E-state index in [1.165, 1.54) is 15.9 Å². The third-order valence-electron chi connectivity index (χ3n) is 4.09. The standard InChI is InChI=1S/C18H24N4O5S/c1-3-5-8-22-16(19)15(17(25)20-18(22)26)21(4-2)13(23)11-27-14(24)10-12-7-6-9-28-12/h6-7,9H,3-5,8,10-11,19H2,1-2H3,(H,20,25,26). The summed E-state index contributed by atoms with van der Waals surface area (Å²) in [6.45, 7) is 3.55. The number of likely N-dealkylation sites (N-methyl/N-ethyl adjacent to an activating group) is 1. The minimum atomic E-state index is -0.754. The van der Waals surface area contributed by atoms with Crippen molar-refractivity contribution in [3.05, 3.63) is 43.2 Å². The lowest BCUT2D eigenvalue weighted by Crippen LogP contribution is -2.42. The number of hydrogen-bond donors (Lipinski definition) is 2. The maximum Gasteiger partial charge on any atom is 0.330 e. The number of carbonyl (C=O) groups excluding carboxylic acids is 2. The van der Waals surface area contributed by atoms with Crippen molar-refractivity contribution in [2.45, 2.75) is 39.7 Å². The number of hydrogen-bond acceptors (Lipinski definition) is 7. The quantitative estimate of drug-likeness (QED) is 0.599. The zero-order valence-corrected chi connectivity index (χ0v) is 16.7. The van der Waals surface area contributed by atoms with E-state index in [0.717, 1.165) is 16.2 Å². The van der Waals surface area contributed by atoms with Crippen molar-refractivity contribution < 1.29 is 14.3 Å². The third kappa shape index (κ3) is 5.10. The fraction of sp³-hybridized carbons (Fsp3) is 0.444. The van der Waals surface area contributed by atoms with E-state index in [9.17, 15) is 19.2 Å². The zero-order chi connectivity index (χ0) is 20.7. The Balaban J connectivity index is 2.17. The molecule has 28 heavy (non-hydrogen) atoms. The number of thiophene rings is 1. The van der Waals surface area contributed by atoms with Gasteiger partial charge in [-0.15, -0.1) is 11.3 Å². The Bertz CT molecular complexity index is 932. The number of anilines is 2. The number of nitrogen functional groups attached to an aromatic ring is 1. The van der Waals surface area contributed by atoms with Crippen molar-refractivity contribution in [2.75, 3.05) is 23.8 Å². The number of carbonyl (C=O) groups is 2. The maximum absolute atomic E-state index is 12.6. The van der Waals surface area contributed by atoms with Crippen molar-refractivity contribution in [3.8, 4) is 0 Å². The molecule has 0 aliphatic heterocycles. The molecular weight excluding hydrogens is 384 g/mol. The number of H-pyrrole nitrogens is 1. The van der Waals surface area contributed by atoms with Crippen LogP contribution in [0.4, 0.5) is 11.5 Å². The van der Waals surface area contributed by atoms with E-state index >= 15 is 0 Å². The molecule has 0 bridgehead atoms. The first-order valence-electron chi connectivity index (χ1n) is 8.99. The van der Waals surface area contributed by atoms with Gasteiger partial charge in [0, 0.05) is 18.0 Å². The molecule has 0 fully saturated rings. The van der Waals surface area contributed by atoms with Gasteiger partial charge in [-0.3, -0.25) is 23.9 Å². The molecule has 152 valence electrons. The summed E-state index contributed by atoms with van der Waals surface area (Å²) < 4.78 is 6.27. The fourth-order valence-corrected chi connectivity index (χ4v) is 3.35. The number of nitrogens with two attached hydrogens (primary N) is 1. The van der Waals surface area contributed by atoms with E-state index in [2.05, 4.69) is 4.98 Å². The average Bonchev–Trinajstić information content (AvgIpc) is 3.15. The largest absolute Gasteiger partial charge is 0.455 e. The molecular formula is C18H24N4O5S. The lowest BCUT2D eigenvalue weighted by Gasteiger charge is -2.23. The first kappa shape index (κ1) is 21.4. The molecule has 0 radical (unpaired) electrons. The lowest BCUT2D eigenvalue weighted by molar-refractivity contribution is -0.147. The highest BCUT2D eigenvalue weighted by atomic mass is 32.1. The number of aromatic nitrogens is 2. The number of esters is 1. The van der Waals surface area contributed by atoms with Crippen molar-refractivity contribution in [1.29, 1.82) is 0 Å². The molecule has 0 saturated carbocycles. The predicted molar refractivity (Wildman–Crippen MR) is 108 cm³/mol. The van der Waals surface area contributed by atoms with Crippen molar-refractivity contribution >= 4 is 34.7 Å². The SMILES string of the molecule is CCCCn1c(N)c(N(CC)C(=O)COC(=O)Cc2cccs2)c(=O)[nH]c1=O. The monoisotopic (exact) mass is 408 g/mol. The molecule has 0 aliphatic rings. The molecule has 3 N–H and O–H groups in total. The predicted octanol–water partition coefficient (Wildman–Crippen LogP) is 1.12. The summed E-state index contributed by atoms with van der Waals surface area (Å²) in [6, 6.07) is 3.62. The van der Waals surface area contributed by atoms with E-state index in [4.69, 9.17) is 10.5 Å². The van der Waals surface area contributed by atoms with Crippen LogP contribution in [0.15, 0.2) is 27.1 Å². The summed E-state index contributed by atoms with van der Waals surface area (Å²) in [4.78, 5) is 52.9. The van der Waals surface area contributed by atoms with E-state index in [0.29, 0.717) is 13.0 Å². The summed E-state index contributed by atoms with van der Waals surface area (Å²) in [5, 5.41) is 1.84. The summed E-state index contributed by atoms with van der Waals surface area (Å²) in [5.74, 6) is -1.22. The van der Waals surface area contributed by atoms with Crippen LogP contribution in [0.2, 0.25) is 0 Å². The Hall–Kier alpha value is -2.88. The van der Waals surface area contributed by atoms with Gasteiger partial charge in [-0.1, -0.05) is 19.4 Å². The van der Waals surface area contributed by atoms with Crippen molar-refractivity contribution in [3.63, 3.8) is 0 Å². The molecule has 2 heterocycles. The normalized spacial score (nSPS) is 10.6. The van der Waals surface area contributed by atoms with Crippen LogP contribution in [0.5, 0.6) is 0 Å². The van der Waals surface area contributed by atoms with Gasteiger partial charge in [0.1, 0.15) is 5.82 Å². The summed E-state index contributed by atoms with van der Waals surface area (Å²) >= 11 is 1.42. The van der Waals surface area contributed by atoms with Crippen LogP contribution in [0.3, 0.4) is 0 Å². The van der Waals surface area contributed by atoms with Gasteiger partial charge >= 0.3 is 11.7 Å². The van der Waals surface area contributed by atoms with Crippen LogP contribution in [0.25, 0.3) is 0 Å². The number of nitrogens with one attached hydrogen (secondary N) is 1. The van der Waals surface area contributed by atoms with E-state index in [-0.39, 0.29) is 24.5 Å². The van der Waals surface area contributed by atoms with Gasteiger partial charge in [-0.25, -0.2) is 4.79 Å². The van der Waals surface area contributed by atoms with Gasteiger partial charge in [0.25, 0.3) is 11.5 Å². The summed E-state index contributed by atoms with van der Waals surface area (Å²) in [7, 11) is 0. The van der Waals surface area contributed by atoms with Crippen LogP contribution in [-0.2, 0) is 27.3 Å². The molecule has 10 heteroatoms. The number of nitrogens with zero attached hydrogens (tertiary/aromatic N) is 2. The topological polar surface area (TPSA) is 127 Å². The fourth-order valence-electron chi connectivity index (χ4n) is 2.66. The smallest absolute Gasteiger partial charge is 0.330 e. The third-order valence-corrected chi connectivity index (χ3v) is 4.97. The van der Waals surface area contributed by atoms with Crippen LogP contribution >= 0.6 is 11.3 Å². The number of ether oxygens (including phenoxy) is 1. The molecule has 0 aromatic carbocycles. The molecule has 0 saturated heterocycles. The Morgan fingerprint density at radius 3 is 2.68 bits per heavy atom. The Morgan fingerprint density at radius 1 is 1.32 bits per heavy atom. The Morgan fingerprint density at radius 2 is 2.07 bits per heavy atom. The second-order valence-corrected chi connectivity index (χ2v) is 7.09. The number of unbranched alkanes of at least 4 members (excludes halogenated alkanes) is 1. The minimum absolute atomic E-state index is 0.0711. The lowest BCUT2D eigenvalue weighted by atomic mass is 10.3. The van der Waals surface area contributed by atoms with Gasteiger partial charge in [0.2, 0.25) is 0 Å².